The summed E-state index contributed by atoms with van der Waals surface area (Å²) < 4.78 is 19.6. The molecule has 1 aromatic carbocycles. The number of hydrogen-bond acceptors (Lipinski definition) is 6. The van der Waals surface area contributed by atoms with E-state index in [4.69, 9.17) is 4.74 Å². The molecule has 3 aromatic rings. The minimum Gasteiger partial charge on any atom is -0.478 e. The second-order valence-corrected chi connectivity index (χ2v) is 5.74. The summed E-state index contributed by atoms with van der Waals surface area (Å²) >= 11 is 0. The Kier molecular flexibility index (Phi) is 6.05. The van der Waals surface area contributed by atoms with Gasteiger partial charge in [-0.1, -0.05) is 0 Å². The van der Waals surface area contributed by atoms with Crippen LogP contribution < -0.4 is 15.6 Å². The fourth-order valence-electron chi connectivity index (χ4n) is 2.44. The van der Waals surface area contributed by atoms with Crippen molar-refractivity contribution >= 4 is 5.91 Å². The van der Waals surface area contributed by atoms with E-state index in [0.717, 1.165) is 0 Å². The van der Waals surface area contributed by atoms with Gasteiger partial charge in [0, 0.05) is 30.8 Å². The van der Waals surface area contributed by atoms with Gasteiger partial charge in [0.25, 0.3) is 11.5 Å². The Morgan fingerprint density at radius 2 is 1.96 bits per heavy atom. The smallest absolute Gasteiger partial charge is 0.270 e. The van der Waals surface area contributed by atoms with E-state index in [1.165, 1.54) is 41.5 Å². The van der Waals surface area contributed by atoms with Crippen LogP contribution in [0.25, 0.3) is 11.3 Å². The third-order valence-corrected chi connectivity index (χ3v) is 3.82. The molecule has 28 heavy (non-hydrogen) atoms. The minimum absolute atomic E-state index is 0.176. The first kappa shape index (κ1) is 19.2. The van der Waals surface area contributed by atoms with Crippen molar-refractivity contribution in [1.82, 2.24) is 24.8 Å². The fourth-order valence-corrected chi connectivity index (χ4v) is 2.44. The van der Waals surface area contributed by atoms with Crippen LogP contribution >= 0.6 is 0 Å². The summed E-state index contributed by atoms with van der Waals surface area (Å²) in [6.07, 6.45) is 2.65. The lowest BCUT2D eigenvalue weighted by atomic mass is 10.1. The van der Waals surface area contributed by atoms with Crippen LogP contribution in [0.3, 0.4) is 0 Å². The lowest BCUT2D eigenvalue weighted by Gasteiger charge is -2.08. The van der Waals surface area contributed by atoms with E-state index in [9.17, 15) is 14.0 Å². The molecule has 3 rings (SSSR count). The van der Waals surface area contributed by atoms with E-state index in [1.807, 2.05) is 6.92 Å². The third-order valence-electron chi connectivity index (χ3n) is 3.82. The molecule has 8 nitrogen and oxygen atoms in total. The van der Waals surface area contributed by atoms with Crippen molar-refractivity contribution in [1.29, 1.82) is 0 Å². The zero-order valence-corrected chi connectivity index (χ0v) is 15.1. The molecule has 0 unspecified atom stereocenters. The topological polar surface area (TPSA) is 99.0 Å². The Hall–Kier alpha value is -3.62. The van der Waals surface area contributed by atoms with Gasteiger partial charge in [-0.25, -0.2) is 19.3 Å². The minimum atomic E-state index is -0.396. The monoisotopic (exact) mass is 383 g/mol. The van der Waals surface area contributed by atoms with Crippen molar-refractivity contribution in [3.63, 3.8) is 0 Å². The molecule has 0 aliphatic rings. The second kappa shape index (κ2) is 8.85. The van der Waals surface area contributed by atoms with Crippen molar-refractivity contribution in [2.24, 2.45) is 0 Å². The van der Waals surface area contributed by atoms with E-state index >= 15 is 0 Å². The molecular weight excluding hydrogens is 365 g/mol. The maximum Gasteiger partial charge on any atom is 0.270 e. The van der Waals surface area contributed by atoms with Crippen molar-refractivity contribution < 1.29 is 13.9 Å². The van der Waals surface area contributed by atoms with Crippen LogP contribution in [0.15, 0.2) is 53.8 Å². The van der Waals surface area contributed by atoms with Crippen molar-refractivity contribution in [2.45, 2.75) is 13.5 Å². The molecule has 2 aromatic heterocycles. The van der Waals surface area contributed by atoms with Gasteiger partial charge in [-0.05, 0) is 31.2 Å². The van der Waals surface area contributed by atoms with Gasteiger partial charge in [0.15, 0.2) is 0 Å². The summed E-state index contributed by atoms with van der Waals surface area (Å²) in [7, 11) is 0. The quantitative estimate of drug-likeness (QED) is 0.666. The summed E-state index contributed by atoms with van der Waals surface area (Å²) in [5.41, 5.74) is 1.00. The number of nitrogens with zero attached hydrogens (tertiary/aromatic N) is 4. The first-order valence-electron chi connectivity index (χ1n) is 8.62. The van der Waals surface area contributed by atoms with Crippen molar-refractivity contribution in [3.05, 3.63) is 70.9 Å². The van der Waals surface area contributed by atoms with Crippen LogP contribution in [0.5, 0.6) is 5.88 Å². The number of benzene rings is 1. The van der Waals surface area contributed by atoms with Crippen LogP contribution in [0.2, 0.25) is 0 Å². The molecule has 1 amide bonds. The summed E-state index contributed by atoms with van der Waals surface area (Å²) in [5, 5.41) is 2.68. The highest BCUT2D eigenvalue weighted by atomic mass is 19.1. The predicted molar refractivity (Wildman–Crippen MR) is 99.4 cm³/mol. The number of ether oxygens (including phenoxy) is 1. The average molecular weight is 383 g/mol. The predicted octanol–water partition coefficient (Wildman–Crippen LogP) is 1.67. The Bertz CT molecular complexity index is 1020. The molecule has 1 N–H and O–H groups in total. The standard InChI is InChI=1S/C19H18FN5O3/c1-2-28-17-9-16(22-11-23-17)19(27)21-7-8-25-12-24-15(10-18(25)26)13-3-5-14(20)6-4-13/h3-6,9-12H,2,7-8H2,1H3,(H,21,27). The fraction of sp³-hybridized carbons (Fsp3) is 0.211. The lowest BCUT2D eigenvalue weighted by Crippen LogP contribution is -2.31. The van der Waals surface area contributed by atoms with Gasteiger partial charge in [-0.2, -0.15) is 0 Å². The molecular formula is C19H18FN5O3. The Balaban J connectivity index is 1.60. The number of halogens is 1. The van der Waals surface area contributed by atoms with Crippen molar-refractivity contribution in [3.8, 4) is 17.1 Å². The number of amides is 1. The number of hydrogen-bond donors (Lipinski definition) is 1. The first-order valence-corrected chi connectivity index (χ1v) is 8.62. The Morgan fingerprint density at radius 3 is 2.68 bits per heavy atom. The normalized spacial score (nSPS) is 10.5. The van der Waals surface area contributed by atoms with Gasteiger partial charge in [0.05, 0.1) is 18.6 Å². The molecule has 2 heterocycles. The zero-order chi connectivity index (χ0) is 19.9. The molecule has 0 saturated carbocycles. The third kappa shape index (κ3) is 4.76. The molecule has 0 radical (unpaired) electrons. The molecule has 0 fully saturated rings. The SMILES string of the molecule is CCOc1cc(C(=O)NCCn2cnc(-c3ccc(F)cc3)cc2=O)ncn1. The summed E-state index contributed by atoms with van der Waals surface area (Å²) in [5.74, 6) is -0.434. The van der Waals surface area contributed by atoms with Gasteiger partial charge < -0.3 is 10.1 Å². The van der Waals surface area contributed by atoms with E-state index in [0.29, 0.717) is 23.7 Å². The van der Waals surface area contributed by atoms with Crippen molar-refractivity contribution in [2.75, 3.05) is 13.2 Å². The first-order chi connectivity index (χ1) is 13.6. The van der Waals surface area contributed by atoms with Crippen LogP contribution in [-0.2, 0) is 6.54 Å². The number of carbonyl (C=O) groups excluding carboxylic acids is 1. The molecule has 0 aliphatic carbocycles. The lowest BCUT2D eigenvalue weighted by molar-refractivity contribution is 0.0946. The molecule has 0 saturated heterocycles. The van der Waals surface area contributed by atoms with Crippen LogP contribution in [0.1, 0.15) is 17.4 Å². The molecule has 0 bridgehead atoms. The number of nitrogens with one attached hydrogen (secondary N) is 1. The van der Waals surface area contributed by atoms with E-state index < -0.39 is 5.91 Å². The highest BCUT2D eigenvalue weighted by Gasteiger charge is 2.09. The molecule has 0 spiro atoms. The van der Waals surface area contributed by atoms with E-state index in [2.05, 4.69) is 20.3 Å². The zero-order valence-electron chi connectivity index (χ0n) is 15.1. The molecule has 144 valence electrons. The van der Waals surface area contributed by atoms with Gasteiger partial charge in [-0.15, -0.1) is 0 Å². The maximum atomic E-state index is 13.0. The molecule has 0 atom stereocenters. The molecule has 0 aliphatic heterocycles. The molecule has 9 heteroatoms. The summed E-state index contributed by atoms with van der Waals surface area (Å²) in [6, 6.07) is 8.54. The Labute approximate surface area is 160 Å². The Morgan fingerprint density at radius 1 is 1.18 bits per heavy atom. The maximum absolute atomic E-state index is 13.0. The van der Waals surface area contributed by atoms with Crippen LogP contribution in [0.4, 0.5) is 4.39 Å². The van der Waals surface area contributed by atoms with Gasteiger partial charge in [0.1, 0.15) is 17.8 Å². The highest BCUT2D eigenvalue weighted by molar-refractivity contribution is 5.92. The highest BCUT2D eigenvalue weighted by Crippen LogP contribution is 2.15. The largest absolute Gasteiger partial charge is 0.478 e. The summed E-state index contributed by atoms with van der Waals surface area (Å²) in [6.45, 7) is 2.70. The van der Waals surface area contributed by atoms with Crippen LogP contribution in [-0.4, -0.2) is 38.6 Å². The van der Waals surface area contributed by atoms with E-state index in [-0.39, 0.29) is 30.2 Å². The number of aromatic nitrogens is 4. The van der Waals surface area contributed by atoms with Gasteiger partial charge in [0.2, 0.25) is 5.88 Å². The number of rotatable bonds is 7. The van der Waals surface area contributed by atoms with Gasteiger partial charge >= 0.3 is 0 Å². The second-order valence-electron chi connectivity index (χ2n) is 5.74. The number of carbonyl (C=O) groups is 1. The average Bonchev–Trinajstić information content (AvgIpc) is 2.70. The summed E-state index contributed by atoms with van der Waals surface area (Å²) in [4.78, 5) is 36.4. The van der Waals surface area contributed by atoms with Gasteiger partial charge in [-0.3, -0.25) is 14.2 Å². The van der Waals surface area contributed by atoms with E-state index in [1.54, 1.807) is 12.1 Å². The van der Waals surface area contributed by atoms with Crippen LogP contribution in [0, 0.1) is 5.82 Å².